The lowest BCUT2D eigenvalue weighted by atomic mass is 10.2. The number of hydrazine groups is 1. The summed E-state index contributed by atoms with van der Waals surface area (Å²) in [5.74, 6) is -0.920. The van der Waals surface area contributed by atoms with Gasteiger partial charge in [-0.05, 0) is 26.0 Å². The molecule has 0 saturated heterocycles. The number of fused-ring (bicyclic) bond motifs is 1. The quantitative estimate of drug-likeness (QED) is 0.588. The van der Waals surface area contributed by atoms with Crippen molar-refractivity contribution >= 4 is 29.1 Å². The van der Waals surface area contributed by atoms with Crippen molar-refractivity contribution in [2.45, 2.75) is 20.0 Å². The molecule has 2 aromatic rings. The third-order valence-corrected chi connectivity index (χ3v) is 4.60. The fourth-order valence-corrected chi connectivity index (χ4v) is 3.13. The molecule has 1 atom stereocenters. The smallest absolute Gasteiger partial charge is 0.350 e. The van der Waals surface area contributed by atoms with Crippen molar-refractivity contribution < 1.29 is 28.6 Å². The summed E-state index contributed by atoms with van der Waals surface area (Å²) < 4.78 is 15.9. The lowest BCUT2D eigenvalue weighted by Crippen LogP contribution is -2.51. The first kappa shape index (κ1) is 18.6. The van der Waals surface area contributed by atoms with E-state index in [2.05, 4.69) is 15.8 Å². The highest BCUT2D eigenvalue weighted by Crippen LogP contribution is 2.30. The third-order valence-electron chi connectivity index (χ3n) is 3.55. The maximum Gasteiger partial charge on any atom is 0.350 e. The van der Waals surface area contributed by atoms with Crippen molar-refractivity contribution in [2.24, 2.45) is 0 Å². The fourth-order valence-electron chi connectivity index (χ4n) is 2.31. The maximum absolute atomic E-state index is 12.1. The molecule has 0 bridgehead atoms. The molecule has 1 aromatic carbocycles. The largest absolute Gasteiger partial charge is 0.485 e. The highest BCUT2D eigenvalue weighted by atomic mass is 32.1. The minimum Gasteiger partial charge on any atom is -0.485 e. The van der Waals surface area contributed by atoms with Crippen LogP contribution in [0.5, 0.6) is 11.5 Å². The van der Waals surface area contributed by atoms with E-state index in [1.807, 2.05) is 0 Å². The van der Waals surface area contributed by atoms with Crippen LogP contribution in [0.3, 0.4) is 0 Å². The number of carbonyl (C=O) groups excluding carboxylic acids is 3. The van der Waals surface area contributed by atoms with E-state index in [0.29, 0.717) is 22.1 Å². The number of aryl methyl sites for hydroxylation is 2. The summed E-state index contributed by atoms with van der Waals surface area (Å²) in [5, 5.41) is 0.729. The Balaban J connectivity index is 1.43. The van der Waals surface area contributed by atoms with E-state index in [1.165, 1.54) is 11.3 Å². The van der Waals surface area contributed by atoms with Gasteiger partial charge in [-0.2, -0.15) is 0 Å². The molecule has 0 fully saturated rings. The molecule has 3 rings (SSSR count). The summed E-state index contributed by atoms with van der Waals surface area (Å²) in [6.45, 7) is 2.93. The van der Waals surface area contributed by atoms with E-state index in [9.17, 15) is 14.4 Å². The van der Waals surface area contributed by atoms with Gasteiger partial charge in [-0.25, -0.2) is 9.78 Å². The number of hydrogen-bond acceptors (Lipinski definition) is 8. The Morgan fingerprint density at radius 1 is 1.22 bits per heavy atom. The summed E-state index contributed by atoms with van der Waals surface area (Å²) in [6, 6.07) is 6.95. The maximum atomic E-state index is 12.1. The molecule has 1 aliphatic rings. The predicted octanol–water partition coefficient (Wildman–Crippen LogP) is 0.904. The number of benzene rings is 1. The summed E-state index contributed by atoms with van der Waals surface area (Å²) >= 11 is 1.19. The molecule has 2 amide bonds. The second-order valence-electron chi connectivity index (χ2n) is 5.63. The van der Waals surface area contributed by atoms with Gasteiger partial charge in [0.2, 0.25) is 6.10 Å². The first-order chi connectivity index (χ1) is 12.9. The zero-order chi connectivity index (χ0) is 19.4. The summed E-state index contributed by atoms with van der Waals surface area (Å²) in [4.78, 5) is 40.2. The van der Waals surface area contributed by atoms with Gasteiger partial charge in [-0.1, -0.05) is 12.1 Å². The Hall–Kier alpha value is -3.14. The van der Waals surface area contributed by atoms with E-state index < -0.39 is 30.5 Å². The number of aromatic nitrogens is 1. The Morgan fingerprint density at radius 2 is 1.96 bits per heavy atom. The number of hydrogen-bond donors (Lipinski definition) is 2. The minimum absolute atomic E-state index is 0.0116. The molecule has 0 unspecified atom stereocenters. The average molecular weight is 391 g/mol. The molecule has 1 aromatic heterocycles. The number of thiazole rings is 1. The minimum atomic E-state index is -0.912. The van der Waals surface area contributed by atoms with E-state index in [-0.39, 0.29) is 6.61 Å². The Kier molecular flexibility index (Phi) is 5.55. The topological polar surface area (TPSA) is 116 Å². The highest BCUT2D eigenvalue weighted by Gasteiger charge is 2.27. The molecule has 0 saturated carbocycles. The van der Waals surface area contributed by atoms with Crippen LogP contribution in [0.25, 0.3) is 0 Å². The molecule has 2 heterocycles. The van der Waals surface area contributed by atoms with Gasteiger partial charge in [0.1, 0.15) is 11.5 Å². The standard InChI is InChI=1S/C17H17N3O6S/c1-9-15(27-10(2)18-9)17(23)25-8-14(21)19-20-16(22)13-7-24-11-5-3-4-6-12(11)26-13/h3-6,13H,7-8H2,1-2H3,(H,19,21)(H,20,22)/t13-/m0/s1. The van der Waals surface area contributed by atoms with E-state index >= 15 is 0 Å². The number of amides is 2. The molecule has 2 N–H and O–H groups in total. The van der Waals surface area contributed by atoms with Crippen LogP contribution in [0.1, 0.15) is 20.4 Å². The molecule has 0 aliphatic carbocycles. The molecule has 10 heteroatoms. The van der Waals surface area contributed by atoms with Crippen LogP contribution in [-0.2, 0) is 14.3 Å². The number of para-hydroxylation sites is 2. The first-order valence-electron chi connectivity index (χ1n) is 8.02. The number of ether oxygens (including phenoxy) is 3. The molecule has 0 radical (unpaired) electrons. The second-order valence-corrected chi connectivity index (χ2v) is 6.83. The zero-order valence-corrected chi connectivity index (χ0v) is 15.4. The second kappa shape index (κ2) is 8.04. The van der Waals surface area contributed by atoms with Gasteiger partial charge in [0.05, 0.1) is 10.7 Å². The third kappa shape index (κ3) is 4.53. The van der Waals surface area contributed by atoms with Crippen molar-refractivity contribution in [1.82, 2.24) is 15.8 Å². The van der Waals surface area contributed by atoms with Crippen molar-refractivity contribution in [1.29, 1.82) is 0 Å². The van der Waals surface area contributed by atoms with Crippen molar-refractivity contribution in [2.75, 3.05) is 13.2 Å². The van der Waals surface area contributed by atoms with Crippen molar-refractivity contribution in [3.05, 3.63) is 39.8 Å². The predicted molar refractivity (Wildman–Crippen MR) is 94.5 cm³/mol. The molecule has 0 spiro atoms. The Bertz CT molecular complexity index is 881. The van der Waals surface area contributed by atoms with Crippen LogP contribution in [0.2, 0.25) is 0 Å². The monoisotopic (exact) mass is 391 g/mol. The molecule has 142 valence electrons. The molecule has 27 heavy (non-hydrogen) atoms. The number of rotatable bonds is 4. The van der Waals surface area contributed by atoms with Gasteiger partial charge < -0.3 is 14.2 Å². The first-order valence-corrected chi connectivity index (χ1v) is 8.84. The van der Waals surface area contributed by atoms with Gasteiger partial charge in [0, 0.05) is 0 Å². The van der Waals surface area contributed by atoms with Crippen LogP contribution in [0.15, 0.2) is 24.3 Å². The van der Waals surface area contributed by atoms with Gasteiger partial charge in [-0.3, -0.25) is 20.4 Å². The molecular weight excluding hydrogens is 374 g/mol. The fraction of sp³-hybridized carbons (Fsp3) is 0.294. The summed E-state index contributed by atoms with van der Waals surface area (Å²) in [7, 11) is 0. The average Bonchev–Trinajstić information content (AvgIpc) is 3.01. The van der Waals surface area contributed by atoms with E-state index in [4.69, 9.17) is 14.2 Å². The number of nitrogens with zero attached hydrogens (tertiary/aromatic N) is 1. The van der Waals surface area contributed by atoms with Crippen LogP contribution in [-0.4, -0.2) is 42.1 Å². The SMILES string of the molecule is Cc1nc(C)c(C(=O)OCC(=O)NNC(=O)[C@@H]2COc3ccccc3O2)s1. The molecule has 1 aliphatic heterocycles. The highest BCUT2D eigenvalue weighted by molar-refractivity contribution is 7.13. The normalized spacial score (nSPS) is 15.0. The summed E-state index contributed by atoms with van der Waals surface area (Å²) in [5.41, 5.74) is 4.93. The number of carbonyl (C=O) groups is 3. The van der Waals surface area contributed by atoms with Crippen molar-refractivity contribution in [3.8, 4) is 11.5 Å². The van der Waals surface area contributed by atoms with Gasteiger partial charge >= 0.3 is 5.97 Å². The molecule has 9 nitrogen and oxygen atoms in total. The van der Waals surface area contributed by atoms with Crippen LogP contribution in [0, 0.1) is 13.8 Å². The molecular formula is C17H17N3O6S. The van der Waals surface area contributed by atoms with E-state index in [0.717, 1.165) is 5.01 Å². The summed E-state index contributed by atoms with van der Waals surface area (Å²) in [6.07, 6.45) is -0.912. The Morgan fingerprint density at radius 3 is 2.67 bits per heavy atom. The van der Waals surface area contributed by atoms with E-state index in [1.54, 1.807) is 38.1 Å². The van der Waals surface area contributed by atoms with Crippen LogP contribution < -0.4 is 20.3 Å². The van der Waals surface area contributed by atoms with Gasteiger partial charge in [0.25, 0.3) is 11.8 Å². The lowest BCUT2D eigenvalue weighted by molar-refractivity contribution is -0.135. The number of esters is 1. The van der Waals surface area contributed by atoms with Gasteiger partial charge in [-0.15, -0.1) is 11.3 Å². The zero-order valence-electron chi connectivity index (χ0n) is 14.6. The van der Waals surface area contributed by atoms with Crippen molar-refractivity contribution in [3.63, 3.8) is 0 Å². The van der Waals surface area contributed by atoms with Crippen LogP contribution in [0.4, 0.5) is 0 Å². The number of nitrogens with one attached hydrogen (secondary N) is 2. The lowest BCUT2D eigenvalue weighted by Gasteiger charge is -2.25. The Labute approximate surface area is 158 Å². The van der Waals surface area contributed by atoms with Gasteiger partial charge in [0.15, 0.2) is 18.1 Å². The van der Waals surface area contributed by atoms with Crippen LogP contribution >= 0.6 is 11.3 Å².